The Morgan fingerprint density at radius 1 is 1.32 bits per heavy atom. The summed E-state index contributed by atoms with van der Waals surface area (Å²) in [6.07, 6.45) is 2.52. The van der Waals surface area contributed by atoms with Crippen LogP contribution in [0.1, 0.15) is 18.4 Å². The Morgan fingerprint density at radius 3 is 2.45 bits per heavy atom. The van der Waals surface area contributed by atoms with E-state index in [1.165, 1.54) is 11.1 Å². The first kappa shape index (κ1) is 16.0. The summed E-state index contributed by atoms with van der Waals surface area (Å²) >= 11 is 0. The lowest BCUT2D eigenvalue weighted by atomic mass is 10.1. The molecule has 0 radical (unpaired) electrons. The number of anilines is 1. The Hall–Kier alpha value is -2.34. The fraction of sp³-hybridized carbons (Fsp3) is 0.375. The highest BCUT2D eigenvalue weighted by Crippen LogP contribution is 2.21. The van der Waals surface area contributed by atoms with E-state index in [-0.39, 0.29) is 18.2 Å². The van der Waals surface area contributed by atoms with Gasteiger partial charge in [-0.2, -0.15) is 0 Å². The van der Waals surface area contributed by atoms with Gasteiger partial charge in [0.25, 0.3) is 0 Å². The molecular weight excluding hydrogens is 286 g/mol. The van der Waals surface area contributed by atoms with Gasteiger partial charge in [-0.15, -0.1) is 0 Å². The Kier molecular flexibility index (Phi) is 5.16. The summed E-state index contributed by atoms with van der Waals surface area (Å²) in [6, 6.07) is 7.27. The summed E-state index contributed by atoms with van der Waals surface area (Å²) in [5.74, 6) is -2.06. The standard InChI is InChI=1S/C16H19NO5/c1-11-2-5-13(6-3-11)17(9-15(18)19)8-12(16(20)21)4-7-14-10-22-14/h2-3,5-6,8,14H,4,7,9-10H2,1H3,(H,18,19)(H,20,21). The van der Waals surface area contributed by atoms with Gasteiger partial charge in [-0.1, -0.05) is 17.7 Å². The average Bonchev–Trinajstić information content (AvgIpc) is 3.26. The number of hydrogen-bond acceptors (Lipinski definition) is 4. The minimum Gasteiger partial charge on any atom is -0.480 e. The van der Waals surface area contributed by atoms with Crippen LogP contribution in [-0.2, 0) is 14.3 Å². The van der Waals surface area contributed by atoms with Crippen molar-refractivity contribution >= 4 is 17.6 Å². The predicted molar refractivity (Wildman–Crippen MR) is 80.9 cm³/mol. The number of carboxylic acid groups (broad SMARTS) is 2. The van der Waals surface area contributed by atoms with Crippen molar-refractivity contribution in [1.82, 2.24) is 0 Å². The molecule has 6 heteroatoms. The Balaban J connectivity index is 2.20. The first-order valence-corrected chi connectivity index (χ1v) is 7.06. The summed E-state index contributed by atoms with van der Waals surface area (Å²) in [7, 11) is 0. The highest BCUT2D eigenvalue weighted by atomic mass is 16.6. The van der Waals surface area contributed by atoms with Gasteiger partial charge in [0, 0.05) is 11.9 Å². The number of rotatable bonds is 8. The number of ether oxygens (including phenoxy) is 1. The molecule has 1 heterocycles. The van der Waals surface area contributed by atoms with Crippen LogP contribution < -0.4 is 4.90 Å². The second-order valence-corrected chi connectivity index (χ2v) is 5.31. The van der Waals surface area contributed by atoms with E-state index in [2.05, 4.69) is 0 Å². The summed E-state index contributed by atoms with van der Waals surface area (Å²) in [5, 5.41) is 18.3. The number of carbonyl (C=O) groups is 2. The lowest BCUT2D eigenvalue weighted by Crippen LogP contribution is -2.25. The molecule has 1 aromatic carbocycles. The Morgan fingerprint density at radius 2 is 1.95 bits per heavy atom. The number of benzene rings is 1. The van der Waals surface area contributed by atoms with Gasteiger partial charge in [0.1, 0.15) is 6.54 Å². The number of aliphatic carboxylic acids is 2. The Labute approximate surface area is 128 Å². The number of nitrogens with zero attached hydrogens (tertiary/aromatic N) is 1. The average molecular weight is 305 g/mol. The molecule has 0 aliphatic carbocycles. The number of aryl methyl sites for hydroxylation is 1. The molecule has 0 saturated carbocycles. The van der Waals surface area contributed by atoms with Gasteiger partial charge in [-0.05, 0) is 31.9 Å². The molecular formula is C16H19NO5. The molecule has 0 amide bonds. The first-order valence-electron chi connectivity index (χ1n) is 7.06. The second kappa shape index (κ2) is 7.09. The summed E-state index contributed by atoms with van der Waals surface area (Å²) in [6.45, 7) is 2.31. The quantitative estimate of drug-likeness (QED) is 0.564. The van der Waals surface area contributed by atoms with Crippen molar-refractivity contribution in [1.29, 1.82) is 0 Å². The van der Waals surface area contributed by atoms with Gasteiger partial charge in [0.2, 0.25) is 0 Å². The predicted octanol–water partition coefficient (Wildman–Crippen LogP) is 2.03. The molecule has 1 atom stereocenters. The molecule has 22 heavy (non-hydrogen) atoms. The molecule has 118 valence electrons. The zero-order chi connectivity index (χ0) is 16.1. The van der Waals surface area contributed by atoms with Crippen LogP contribution in [0.15, 0.2) is 36.0 Å². The van der Waals surface area contributed by atoms with Crippen LogP contribution in [0.25, 0.3) is 0 Å². The van der Waals surface area contributed by atoms with Gasteiger partial charge in [0.15, 0.2) is 0 Å². The summed E-state index contributed by atoms with van der Waals surface area (Å²) in [5.41, 5.74) is 1.87. The van der Waals surface area contributed by atoms with E-state index in [4.69, 9.17) is 9.84 Å². The maximum absolute atomic E-state index is 11.4. The molecule has 2 N–H and O–H groups in total. The lowest BCUT2D eigenvalue weighted by molar-refractivity contribution is -0.135. The van der Waals surface area contributed by atoms with E-state index >= 15 is 0 Å². The number of hydrogen-bond donors (Lipinski definition) is 2. The fourth-order valence-corrected chi connectivity index (χ4v) is 2.06. The molecule has 2 rings (SSSR count). The monoisotopic (exact) mass is 305 g/mol. The van der Waals surface area contributed by atoms with Crippen molar-refractivity contribution in [2.24, 2.45) is 0 Å². The molecule has 1 aliphatic rings. The SMILES string of the molecule is Cc1ccc(N(C=C(CCC2CO2)C(=O)O)CC(=O)O)cc1. The largest absolute Gasteiger partial charge is 0.480 e. The van der Waals surface area contributed by atoms with Crippen molar-refractivity contribution < 1.29 is 24.5 Å². The smallest absolute Gasteiger partial charge is 0.333 e. The van der Waals surface area contributed by atoms with Crippen LogP contribution in [0.2, 0.25) is 0 Å². The molecule has 1 saturated heterocycles. The van der Waals surface area contributed by atoms with Crippen molar-refractivity contribution in [3.05, 3.63) is 41.6 Å². The lowest BCUT2D eigenvalue weighted by Gasteiger charge is -2.20. The molecule has 1 unspecified atom stereocenters. The minimum absolute atomic E-state index is 0.134. The number of epoxide rings is 1. The zero-order valence-corrected chi connectivity index (χ0v) is 12.4. The van der Waals surface area contributed by atoms with Crippen molar-refractivity contribution in [2.45, 2.75) is 25.9 Å². The van der Waals surface area contributed by atoms with Gasteiger partial charge in [-0.3, -0.25) is 4.79 Å². The van der Waals surface area contributed by atoms with E-state index in [0.717, 1.165) is 5.56 Å². The Bertz CT molecular complexity index is 575. The molecule has 6 nitrogen and oxygen atoms in total. The van der Waals surface area contributed by atoms with E-state index in [1.54, 1.807) is 12.1 Å². The maximum atomic E-state index is 11.4. The normalized spacial score (nSPS) is 17.1. The van der Waals surface area contributed by atoms with Gasteiger partial charge >= 0.3 is 11.9 Å². The van der Waals surface area contributed by atoms with E-state index < -0.39 is 11.9 Å². The van der Waals surface area contributed by atoms with E-state index in [1.807, 2.05) is 19.1 Å². The molecule has 1 aromatic rings. The first-order chi connectivity index (χ1) is 10.5. The number of carboxylic acids is 2. The molecule has 1 aliphatic heterocycles. The van der Waals surface area contributed by atoms with E-state index in [9.17, 15) is 14.7 Å². The second-order valence-electron chi connectivity index (χ2n) is 5.31. The highest BCUT2D eigenvalue weighted by Gasteiger charge is 2.24. The third-order valence-electron chi connectivity index (χ3n) is 3.40. The van der Waals surface area contributed by atoms with Crippen LogP contribution in [0.4, 0.5) is 5.69 Å². The molecule has 0 bridgehead atoms. The van der Waals surface area contributed by atoms with Gasteiger partial charge in [0.05, 0.1) is 18.3 Å². The van der Waals surface area contributed by atoms with Crippen molar-refractivity contribution in [3.8, 4) is 0 Å². The van der Waals surface area contributed by atoms with Crippen molar-refractivity contribution in [3.63, 3.8) is 0 Å². The molecule has 0 spiro atoms. The van der Waals surface area contributed by atoms with Crippen molar-refractivity contribution in [2.75, 3.05) is 18.1 Å². The van der Waals surface area contributed by atoms with Crippen LogP contribution >= 0.6 is 0 Å². The summed E-state index contributed by atoms with van der Waals surface area (Å²) in [4.78, 5) is 23.8. The third-order valence-corrected chi connectivity index (χ3v) is 3.40. The van der Waals surface area contributed by atoms with Gasteiger partial charge < -0.3 is 19.8 Å². The molecule has 0 aromatic heterocycles. The molecule has 1 fully saturated rings. The van der Waals surface area contributed by atoms with E-state index in [0.29, 0.717) is 25.1 Å². The van der Waals surface area contributed by atoms with Crippen LogP contribution in [0.3, 0.4) is 0 Å². The zero-order valence-electron chi connectivity index (χ0n) is 12.4. The summed E-state index contributed by atoms with van der Waals surface area (Å²) < 4.78 is 5.08. The fourth-order valence-electron chi connectivity index (χ4n) is 2.06. The van der Waals surface area contributed by atoms with Crippen LogP contribution in [0.5, 0.6) is 0 Å². The van der Waals surface area contributed by atoms with Gasteiger partial charge in [-0.25, -0.2) is 4.79 Å². The van der Waals surface area contributed by atoms with Crippen LogP contribution in [0, 0.1) is 6.92 Å². The topological polar surface area (TPSA) is 90.4 Å². The highest BCUT2D eigenvalue weighted by molar-refractivity contribution is 5.87. The minimum atomic E-state index is -1.04. The maximum Gasteiger partial charge on any atom is 0.333 e. The van der Waals surface area contributed by atoms with Crippen LogP contribution in [-0.4, -0.2) is 41.4 Å². The third kappa shape index (κ3) is 4.89.